The zero-order valence-electron chi connectivity index (χ0n) is 11.3. The molecule has 0 aliphatic heterocycles. The summed E-state index contributed by atoms with van der Waals surface area (Å²) in [5, 5.41) is 0.881. The average Bonchev–Trinajstić information content (AvgIpc) is 2.41. The third-order valence-electron chi connectivity index (χ3n) is 3.50. The van der Waals surface area contributed by atoms with Crippen LogP contribution in [0.1, 0.15) is 28.2 Å². The highest BCUT2D eigenvalue weighted by Gasteiger charge is 2.12. The first-order valence-corrected chi connectivity index (χ1v) is 7.60. The first kappa shape index (κ1) is 14.3. The van der Waals surface area contributed by atoms with Crippen molar-refractivity contribution in [3.8, 4) is 0 Å². The lowest BCUT2D eigenvalue weighted by atomic mass is 9.91. The second kappa shape index (κ2) is 6.33. The fourth-order valence-corrected chi connectivity index (χ4v) is 2.88. The molecule has 0 aromatic heterocycles. The number of hydrogen-bond acceptors (Lipinski definition) is 0. The molecule has 19 heavy (non-hydrogen) atoms. The van der Waals surface area contributed by atoms with Crippen LogP contribution in [0.4, 0.5) is 4.39 Å². The van der Waals surface area contributed by atoms with E-state index < -0.39 is 0 Å². The first-order valence-electron chi connectivity index (χ1n) is 6.47. The van der Waals surface area contributed by atoms with Gasteiger partial charge >= 0.3 is 0 Å². The van der Waals surface area contributed by atoms with Gasteiger partial charge in [0, 0.05) is 5.33 Å². The summed E-state index contributed by atoms with van der Waals surface area (Å²) in [6.07, 6.45) is 0.977. The number of hydrogen-bond donors (Lipinski definition) is 0. The molecule has 0 aliphatic rings. The van der Waals surface area contributed by atoms with Gasteiger partial charge in [-0.2, -0.15) is 0 Å². The summed E-state index contributed by atoms with van der Waals surface area (Å²) in [6.45, 7) is 4.26. The molecule has 0 saturated heterocycles. The summed E-state index contributed by atoms with van der Waals surface area (Å²) in [7, 11) is 0. The summed E-state index contributed by atoms with van der Waals surface area (Å²) in [5.41, 5.74) is 5.15. The second-order valence-electron chi connectivity index (χ2n) is 5.04. The summed E-state index contributed by atoms with van der Waals surface area (Å²) >= 11 is 3.58. The lowest BCUT2D eigenvalue weighted by molar-refractivity contribution is 0.625. The number of benzene rings is 2. The molecule has 1 atom stereocenters. The SMILES string of the molecule is Cc1ccc(C)c(CC(CBr)c2ccc(F)cc2)c1. The Morgan fingerprint density at radius 1 is 1.05 bits per heavy atom. The molecular weight excluding hydrogens is 303 g/mol. The zero-order valence-corrected chi connectivity index (χ0v) is 12.9. The van der Waals surface area contributed by atoms with Crippen LogP contribution in [0.5, 0.6) is 0 Å². The van der Waals surface area contributed by atoms with E-state index >= 15 is 0 Å². The van der Waals surface area contributed by atoms with Gasteiger partial charge in [0.15, 0.2) is 0 Å². The third-order valence-corrected chi connectivity index (χ3v) is 4.28. The normalized spacial score (nSPS) is 12.4. The number of aryl methyl sites for hydroxylation is 2. The monoisotopic (exact) mass is 320 g/mol. The number of halogens is 2. The minimum Gasteiger partial charge on any atom is -0.207 e. The predicted octanol–water partition coefficient (Wildman–Crippen LogP) is 5.16. The van der Waals surface area contributed by atoms with E-state index in [2.05, 4.69) is 48.0 Å². The van der Waals surface area contributed by atoms with Crippen molar-refractivity contribution in [1.29, 1.82) is 0 Å². The van der Waals surface area contributed by atoms with E-state index in [1.54, 1.807) is 0 Å². The quantitative estimate of drug-likeness (QED) is 0.682. The van der Waals surface area contributed by atoms with Crippen LogP contribution in [-0.4, -0.2) is 5.33 Å². The van der Waals surface area contributed by atoms with Gasteiger partial charge in [0.05, 0.1) is 0 Å². The highest BCUT2D eigenvalue weighted by Crippen LogP contribution is 2.25. The van der Waals surface area contributed by atoms with Gasteiger partial charge in [-0.15, -0.1) is 0 Å². The molecule has 0 spiro atoms. The van der Waals surface area contributed by atoms with Gasteiger partial charge in [0.1, 0.15) is 5.82 Å². The molecule has 2 aromatic rings. The molecule has 0 fully saturated rings. The molecular formula is C17H18BrF. The predicted molar refractivity (Wildman–Crippen MR) is 82.6 cm³/mol. The third kappa shape index (κ3) is 3.66. The van der Waals surface area contributed by atoms with E-state index in [1.165, 1.54) is 34.4 Å². The van der Waals surface area contributed by atoms with Crippen LogP contribution in [0, 0.1) is 19.7 Å². The van der Waals surface area contributed by atoms with Crippen molar-refractivity contribution >= 4 is 15.9 Å². The first-order chi connectivity index (χ1) is 9.10. The van der Waals surface area contributed by atoms with Gasteiger partial charge in [0.2, 0.25) is 0 Å². The van der Waals surface area contributed by atoms with Crippen molar-refractivity contribution in [3.05, 3.63) is 70.5 Å². The van der Waals surface area contributed by atoms with E-state index in [0.29, 0.717) is 5.92 Å². The zero-order chi connectivity index (χ0) is 13.8. The Bertz CT molecular complexity index is 546. The van der Waals surface area contributed by atoms with Crippen LogP contribution in [0.2, 0.25) is 0 Å². The van der Waals surface area contributed by atoms with Crippen LogP contribution in [-0.2, 0) is 6.42 Å². The molecule has 2 heteroatoms. The summed E-state index contributed by atoms with van der Waals surface area (Å²) in [6, 6.07) is 13.4. The fraction of sp³-hybridized carbons (Fsp3) is 0.294. The Balaban J connectivity index is 2.23. The standard InChI is InChI=1S/C17H18BrF/c1-12-3-4-13(2)15(9-12)10-16(11-18)14-5-7-17(19)8-6-14/h3-9,16H,10-11H2,1-2H3. The lowest BCUT2D eigenvalue weighted by Crippen LogP contribution is -2.06. The van der Waals surface area contributed by atoms with Gasteiger partial charge in [-0.3, -0.25) is 0 Å². The topological polar surface area (TPSA) is 0 Å². The van der Waals surface area contributed by atoms with Crippen LogP contribution in [0.15, 0.2) is 42.5 Å². The molecule has 2 rings (SSSR count). The summed E-state index contributed by atoms with van der Waals surface area (Å²) in [4.78, 5) is 0. The number of rotatable bonds is 4. The summed E-state index contributed by atoms with van der Waals surface area (Å²) in [5.74, 6) is 0.199. The Hall–Kier alpha value is -1.15. The van der Waals surface area contributed by atoms with E-state index in [-0.39, 0.29) is 5.82 Å². The molecule has 0 saturated carbocycles. The van der Waals surface area contributed by atoms with E-state index in [0.717, 1.165) is 11.8 Å². The Kier molecular flexibility index (Phi) is 4.76. The Labute approximate surface area is 122 Å². The van der Waals surface area contributed by atoms with Crippen molar-refractivity contribution in [3.63, 3.8) is 0 Å². The smallest absolute Gasteiger partial charge is 0.123 e. The minimum atomic E-state index is -0.177. The largest absolute Gasteiger partial charge is 0.207 e. The maximum absolute atomic E-state index is 13.0. The minimum absolute atomic E-state index is 0.177. The van der Waals surface area contributed by atoms with Crippen molar-refractivity contribution in [2.45, 2.75) is 26.2 Å². The fourth-order valence-electron chi connectivity index (χ4n) is 2.28. The molecule has 0 radical (unpaired) electrons. The molecule has 0 aliphatic carbocycles. The molecule has 0 nitrogen and oxygen atoms in total. The highest BCUT2D eigenvalue weighted by molar-refractivity contribution is 9.09. The molecule has 1 unspecified atom stereocenters. The van der Waals surface area contributed by atoms with Gasteiger partial charge in [-0.05, 0) is 55.0 Å². The van der Waals surface area contributed by atoms with Crippen molar-refractivity contribution < 1.29 is 4.39 Å². The average molecular weight is 321 g/mol. The molecule has 0 heterocycles. The van der Waals surface area contributed by atoms with Crippen LogP contribution >= 0.6 is 15.9 Å². The Morgan fingerprint density at radius 2 is 1.74 bits per heavy atom. The van der Waals surface area contributed by atoms with Crippen molar-refractivity contribution in [2.24, 2.45) is 0 Å². The van der Waals surface area contributed by atoms with Crippen LogP contribution < -0.4 is 0 Å². The van der Waals surface area contributed by atoms with Gasteiger partial charge in [-0.1, -0.05) is 51.8 Å². The molecule has 100 valence electrons. The molecule has 2 aromatic carbocycles. The Morgan fingerprint density at radius 3 is 2.37 bits per heavy atom. The van der Waals surface area contributed by atoms with Crippen molar-refractivity contribution in [2.75, 3.05) is 5.33 Å². The highest BCUT2D eigenvalue weighted by atomic mass is 79.9. The second-order valence-corrected chi connectivity index (χ2v) is 5.68. The van der Waals surface area contributed by atoms with Gasteiger partial charge in [-0.25, -0.2) is 4.39 Å². The number of alkyl halides is 1. The molecule has 0 amide bonds. The van der Waals surface area contributed by atoms with Crippen LogP contribution in [0.25, 0.3) is 0 Å². The van der Waals surface area contributed by atoms with Crippen molar-refractivity contribution in [1.82, 2.24) is 0 Å². The van der Waals surface area contributed by atoms with Gasteiger partial charge < -0.3 is 0 Å². The van der Waals surface area contributed by atoms with E-state index in [1.807, 2.05) is 12.1 Å². The van der Waals surface area contributed by atoms with E-state index in [4.69, 9.17) is 0 Å². The van der Waals surface area contributed by atoms with Gasteiger partial charge in [0.25, 0.3) is 0 Å². The molecule has 0 bridgehead atoms. The maximum atomic E-state index is 13.0. The molecule has 0 N–H and O–H groups in total. The lowest BCUT2D eigenvalue weighted by Gasteiger charge is -2.16. The summed E-state index contributed by atoms with van der Waals surface area (Å²) < 4.78 is 13.0. The van der Waals surface area contributed by atoms with Crippen LogP contribution in [0.3, 0.4) is 0 Å². The van der Waals surface area contributed by atoms with E-state index in [9.17, 15) is 4.39 Å². The maximum Gasteiger partial charge on any atom is 0.123 e.